The quantitative estimate of drug-likeness (QED) is 0.526. The molecule has 4 rings (SSSR count). The van der Waals surface area contributed by atoms with Crippen molar-refractivity contribution in [1.82, 2.24) is 4.90 Å². The first kappa shape index (κ1) is 24.9. The standard InChI is InChI=1S/C28H33N3O3S/c1-3-25-11-7-8-12-27(25)31(35(33,34)26-15-13-23(2)14-16-26)22-28(32)30-19-17-29(18-20-30)21-24-9-5-4-6-10-24/h4-16H,3,17-22H2,1-2H3/p+1. The predicted octanol–water partition coefficient (Wildman–Crippen LogP) is 2.68. The van der Waals surface area contributed by atoms with Crippen molar-refractivity contribution in [2.24, 2.45) is 0 Å². The van der Waals surface area contributed by atoms with Gasteiger partial charge in [-0.1, -0.05) is 73.2 Å². The topological polar surface area (TPSA) is 62.1 Å². The Morgan fingerprint density at radius 1 is 0.914 bits per heavy atom. The molecule has 1 aliphatic rings. The maximum absolute atomic E-state index is 13.7. The second-order valence-electron chi connectivity index (χ2n) is 9.10. The van der Waals surface area contributed by atoms with E-state index in [1.807, 2.05) is 50.2 Å². The van der Waals surface area contributed by atoms with Gasteiger partial charge in [-0.15, -0.1) is 0 Å². The van der Waals surface area contributed by atoms with Gasteiger partial charge < -0.3 is 9.80 Å². The van der Waals surface area contributed by atoms with Crippen molar-refractivity contribution in [3.05, 3.63) is 95.6 Å². The fourth-order valence-electron chi connectivity index (χ4n) is 4.55. The van der Waals surface area contributed by atoms with Gasteiger partial charge in [-0.25, -0.2) is 8.42 Å². The number of anilines is 1. The summed E-state index contributed by atoms with van der Waals surface area (Å²) in [5.41, 5.74) is 3.73. The first-order chi connectivity index (χ1) is 16.9. The fraction of sp³-hybridized carbons (Fsp3) is 0.321. The lowest BCUT2D eigenvalue weighted by Gasteiger charge is -2.34. The molecule has 1 aliphatic heterocycles. The lowest BCUT2D eigenvalue weighted by molar-refractivity contribution is -0.917. The van der Waals surface area contributed by atoms with Crippen LogP contribution in [0.15, 0.2) is 83.8 Å². The largest absolute Gasteiger partial charge is 0.330 e. The van der Waals surface area contributed by atoms with E-state index in [0.717, 1.165) is 30.8 Å². The maximum atomic E-state index is 13.7. The summed E-state index contributed by atoms with van der Waals surface area (Å²) < 4.78 is 28.8. The van der Waals surface area contributed by atoms with E-state index >= 15 is 0 Å². The molecule has 0 aliphatic carbocycles. The Balaban J connectivity index is 1.52. The molecule has 1 heterocycles. The second-order valence-corrected chi connectivity index (χ2v) is 11.0. The molecule has 3 aromatic rings. The molecule has 0 atom stereocenters. The summed E-state index contributed by atoms with van der Waals surface area (Å²) >= 11 is 0. The van der Waals surface area contributed by atoms with Gasteiger partial charge in [0.1, 0.15) is 13.1 Å². The lowest BCUT2D eigenvalue weighted by Crippen LogP contribution is -3.13. The average molecular weight is 493 g/mol. The SMILES string of the molecule is CCc1ccccc1N(CC(=O)N1CC[NH+](Cc2ccccc2)CC1)S(=O)(=O)c1ccc(C)cc1. The Hall–Kier alpha value is -3.16. The summed E-state index contributed by atoms with van der Waals surface area (Å²) in [7, 11) is -3.91. The normalized spacial score (nSPS) is 14.6. The van der Waals surface area contributed by atoms with Gasteiger partial charge in [-0.2, -0.15) is 0 Å². The summed E-state index contributed by atoms with van der Waals surface area (Å²) in [5.74, 6) is -0.162. The van der Waals surface area contributed by atoms with Gasteiger partial charge in [0.2, 0.25) is 5.91 Å². The van der Waals surface area contributed by atoms with Gasteiger partial charge in [0.05, 0.1) is 36.8 Å². The summed E-state index contributed by atoms with van der Waals surface area (Å²) in [6.07, 6.45) is 0.672. The van der Waals surface area contributed by atoms with Crippen LogP contribution in [0.1, 0.15) is 23.6 Å². The molecule has 1 saturated heterocycles. The van der Waals surface area contributed by atoms with Crippen LogP contribution in [0.25, 0.3) is 0 Å². The third-order valence-electron chi connectivity index (χ3n) is 6.65. The minimum atomic E-state index is -3.91. The van der Waals surface area contributed by atoms with Gasteiger partial charge in [-0.3, -0.25) is 9.10 Å². The number of carbonyl (C=O) groups is 1. The molecule has 0 bridgehead atoms. The monoisotopic (exact) mass is 492 g/mol. The van der Waals surface area contributed by atoms with Gasteiger partial charge in [0.25, 0.3) is 10.0 Å². The number of nitrogens with one attached hydrogen (secondary N) is 1. The van der Waals surface area contributed by atoms with E-state index in [2.05, 4.69) is 12.1 Å². The Bertz CT molecular complexity index is 1240. The van der Waals surface area contributed by atoms with Crippen molar-refractivity contribution in [1.29, 1.82) is 0 Å². The molecule has 0 radical (unpaired) electrons. The molecule has 1 fully saturated rings. The number of benzene rings is 3. The van der Waals surface area contributed by atoms with Crippen molar-refractivity contribution in [3.8, 4) is 0 Å². The molecule has 35 heavy (non-hydrogen) atoms. The van der Waals surface area contributed by atoms with Crippen molar-refractivity contribution in [2.75, 3.05) is 37.0 Å². The minimum absolute atomic E-state index is 0.162. The third kappa shape index (κ3) is 5.92. The summed E-state index contributed by atoms with van der Waals surface area (Å²) in [6.45, 7) is 7.56. The molecule has 0 spiro atoms. The highest BCUT2D eigenvalue weighted by molar-refractivity contribution is 7.92. The van der Waals surface area contributed by atoms with E-state index in [1.165, 1.54) is 14.8 Å². The lowest BCUT2D eigenvalue weighted by atomic mass is 10.1. The molecule has 1 amide bonds. The molecule has 0 unspecified atom stereocenters. The average Bonchev–Trinajstić information content (AvgIpc) is 2.88. The third-order valence-corrected chi connectivity index (χ3v) is 8.42. The van der Waals surface area contributed by atoms with Crippen molar-refractivity contribution < 1.29 is 18.1 Å². The van der Waals surface area contributed by atoms with Gasteiger partial charge in [0.15, 0.2) is 0 Å². The summed E-state index contributed by atoms with van der Waals surface area (Å²) in [6, 6.07) is 24.6. The van der Waals surface area contributed by atoms with Crippen molar-refractivity contribution >= 4 is 21.6 Å². The van der Waals surface area contributed by atoms with Crippen LogP contribution in [-0.4, -0.2) is 51.9 Å². The van der Waals surface area contributed by atoms with Gasteiger partial charge in [-0.05, 0) is 37.1 Å². The number of rotatable bonds is 8. The summed E-state index contributed by atoms with van der Waals surface area (Å²) in [4.78, 5) is 16.8. The number of hydrogen-bond acceptors (Lipinski definition) is 3. The van der Waals surface area contributed by atoms with Crippen LogP contribution in [0, 0.1) is 6.92 Å². The van der Waals surface area contributed by atoms with Crippen LogP contribution < -0.4 is 9.21 Å². The van der Waals surface area contributed by atoms with Crippen molar-refractivity contribution in [2.45, 2.75) is 31.7 Å². The fourth-order valence-corrected chi connectivity index (χ4v) is 6.00. The molecule has 1 N–H and O–H groups in total. The summed E-state index contributed by atoms with van der Waals surface area (Å²) in [5, 5.41) is 0. The highest BCUT2D eigenvalue weighted by Gasteiger charge is 2.32. The number of carbonyl (C=O) groups excluding carboxylic acids is 1. The smallest absolute Gasteiger partial charge is 0.264 e. The minimum Gasteiger partial charge on any atom is -0.330 e. The number of quaternary nitrogens is 1. The van der Waals surface area contributed by atoms with Crippen LogP contribution >= 0.6 is 0 Å². The molecule has 0 saturated carbocycles. The number of para-hydroxylation sites is 1. The molecular formula is C28H34N3O3S+. The van der Waals surface area contributed by atoms with E-state index in [9.17, 15) is 13.2 Å². The number of piperazine rings is 1. The number of sulfonamides is 1. The van der Waals surface area contributed by atoms with Crippen LogP contribution in [-0.2, 0) is 27.8 Å². The highest BCUT2D eigenvalue weighted by Crippen LogP contribution is 2.28. The van der Waals surface area contributed by atoms with Crippen LogP contribution in [0.4, 0.5) is 5.69 Å². The second kappa shape index (κ2) is 11.1. The first-order valence-corrected chi connectivity index (χ1v) is 13.6. The first-order valence-electron chi connectivity index (χ1n) is 12.2. The number of amides is 1. The molecular weight excluding hydrogens is 458 g/mol. The number of nitrogens with zero attached hydrogens (tertiary/aromatic N) is 2. The zero-order valence-corrected chi connectivity index (χ0v) is 21.3. The van der Waals surface area contributed by atoms with Crippen molar-refractivity contribution in [3.63, 3.8) is 0 Å². The zero-order chi connectivity index (χ0) is 24.8. The van der Waals surface area contributed by atoms with E-state index in [4.69, 9.17) is 0 Å². The molecule has 184 valence electrons. The highest BCUT2D eigenvalue weighted by atomic mass is 32.2. The van der Waals surface area contributed by atoms with E-state index < -0.39 is 10.0 Å². The molecule has 6 nitrogen and oxygen atoms in total. The van der Waals surface area contributed by atoms with E-state index in [0.29, 0.717) is 25.2 Å². The Labute approximate surface area is 208 Å². The Morgan fingerprint density at radius 3 is 2.20 bits per heavy atom. The van der Waals surface area contributed by atoms with Gasteiger partial charge in [0, 0.05) is 5.56 Å². The predicted molar refractivity (Wildman–Crippen MR) is 139 cm³/mol. The Kier molecular flexibility index (Phi) is 7.88. The number of aryl methyl sites for hydroxylation is 2. The Morgan fingerprint density at radius 2 is 1.54 bits per heavy atom. The van der Waals surface area contributed by atoms with Gasteiger partial charge >= 0.3 is 0 Å². The molecule has 7 heteroatoms. The van der Waals surface area contributed by atoms with E-state index in [-0.39, 0.29) is 17.3 Å². The maximum Gasteiger partial charge on any atom is 0.264 e. The number of hydrogen-bond donors (Lipinski definition) is 1. The van der Waals surface area contributed by atoms with Crippen LogP contribution in [0.3, 0.4) is 0 Å². The zero-order valence-electron chi connectivity index (χ0n) is 20.5. The van der Waals surface area contributed by atoms with Crippen LogP contribution in [0.5, 0.6) is 0 Å². The van der Waals surface area contributed by atoms with Crippen LogP contribution in [0.2, 0.25) is 0 Å². The van der Waals surface area contributed by atoms with E-state index in [1.54, 1.807) is 35.2 Å². The molecule has 3 aromatic carbocycles. The molecule has 0 aromatic heterocycles.